The van der Waals surface area contributed by atoms with Gasteiger partial charge in [-0.05, 0) is 0 Å². The van der Waals surface area contributed by atoms with Crippen LogP contribution in [-0.4, -0.2) is 0 Å². The first kappa shape index (κ1) is 24.1. The topological polar surface area (TPSA) is 0 Å². The van der Waals surface area contributed by atoms with Crippen molar-refractivity contribution in [3.05, 3.63) is 42.3 Å². The molecule has 0 atom stereocenters. The second kappa shape index (κ2) is 11.7. The van der Waals surface area contributed by atoms with Crippen LogP contribution in [0.1, 0.15) is 16.7 Å². The van der Waals surface area contributed by atoms with Crippen LogP contribution in [0, 0.1) is 65.4 Å². The molecule has 0 fully saturated rings. The molecule has 3 heteroatoms. The van der Waals surface area contributed by atoms with Gasteiger partial charge in [-0.25, -0.2) is 0 Å². The molecule has 0 unspecified atom stereocenters. The first-order chi connectivity index (χ1) is 4.22. The SMILES string of the molecule is Cc1[c-]ccc(C)c1C.[CH3-].[U+2].[W].[W]. The van der Waals surface area contributed by atoms with Gasteiger partial charge in [0.15, 0.2) is 0 Å². The van der Waals surface area contributed by atoms with Crippen LogP contribution in [0.25, 0.3) is 0 Å². The molecule has 0 aromatic heterocycles. The van der Waals surface area contributed by atoms with Crippen LogP contribution in [0.5, 0.6) is 0 Å². The van der Waals surface area contributed by atoms with Gasteiger partial charge in [-0.1, -0.05) is 20.8 Å². The Morgan fingerprint density at radius 3 is 1.85 bits per heavy atom. The first-order valence-corrected chi connectivity index (χ1v) is 3.16. The Bertz CT molecular complexity index is 204. The van der Waals surface area contributed by atoms with Crippen molar-refractivity contribution in [3.8, 4) is 0 Å². The van der Waals surface area contributed by atoms with Gasteiger partial charge in [0, 0.05) is 42.1 Å². The molecule has 0 radical (unpaired) electrons. The van der Waals surface area contributed by atoms with E-state index in [2.05, 4.69) is 32.9 Å². The summed E-state index contributed by atoms with van der Waals surface area (Å²) in [7, 11) is 0. The summed E-state index contributed by atoms with van der Waals surface area (Å²) in [5, 5.41) is 0. The minimum absolute atomic E-state index is 0. The van der Waals surface area contributed by atoms with Crippen molar-refractivity contribution in [1.29, 1.82) is 0 Å². The second-order valence-corrected chi connectivity index (χ2v) is 2.41. The van der Waals surface area contributed by atoms with E-state index in [1.54, 1.807) is 0 Å². The summed E-state index contributed by atoms with van der Waals surface area (Å²) in [5.74, 6) is 0. The van der Waals surface area contributed by atoms with E-state index in [4.69, 9.17) is 0 Å². The van der Waals surface area contributed by atoms with Gasteiger partial charge in [0.05, 0.1) is 0 Å². The van der Waals surface area contributed by atoms with Crippen molar-refractivity contribution in [2.75, 3.05) is 0 Å². The van der Waals surface area contributed by atoms with E-state index >= 15 is 0 Å². The Morgan fingerprint density at radius 2 is 1.54 bits per heavy atom. The maximum atomic E-state index is 3.14. The molecule has 70 valence electrons. The van der Waals surface area contributed by atoms with Crippen LogP contribution in [-0.2, 0) is 42.1 Å². The average Bonchev–Trinajstić information content (AvgIpc) is 1.83. The van der Waals surface area contributed by atoms with Crippen LogP contribution in [0.3, 0.4) is 0 Å². The number of benzene rings is 1. The summed E-state index contributed by atoms with van der Waals surface area (Å²) in [5.41, 5.74) is 3.97. The average molecular weight is 740 g/mol. The fourth-order valence-electron chi connectivity index (χ4n) is 0.821. The zero-order valence-corrected chi connectivity index (χ0v) is 18.5. The van der Waals surface area contributed by atoms with Gasteiger partial charge in [0.2, 0.25) is 0 Å². The van der Waals surface area contributed by atoms with Crippen molar-refractivity contribution in [3.63, 3.8) is 0 Å². The zero-order chi connectivity index (χ0) is 6.85. The molecule has 0 aliphatic rings. The smallest absolute Gasteiger partial charge is 0.358 e. The summed E-state index contributed by atoms with van der Waals surface area (Å²) in [6, 6.07) is 7.20. The molecular formula is C10H14UW2. The molecule has 0 saturated carbocycles. The van der Waals surface area contributed by atoms with Crippen molar-refractivity contribution >= 4 is 0 Å². The molecule has 0 aliphatic carbocycles. The van der Waals surface area contributed by atoms with Crippen molar-refractivity contribution < 1.29 is 73.2 Å². The van der Waals surface area contributed by atoms with Crippen LogP contribution in [0.4, 0.5) is 0 Å². The summed E-state index contributed by atoms with van der Waals surface area (Å²) >= 11 is 0. The molecule has 0 spiro atoms. The second-order valence-electron chi connectivity index (χ2n) is 2.41. The van der Waals surface area contributed by atoms with Gasteiger partial charge in [0.1, 0.15) is 0 Å². The standard InChI is InChI=1S/C9H11.CH3.U.2W/c1-7-5-4-6-8(2)9(7)3;;;;/h4-5H,1-3H3;1H3;;;/q2*-1;+2;;. The Hall–Kier alpha value is 1.65. The zero-order valence-electron chi connectivity index (χ0n) is 8.47. The third-order valence-electron chi connectivity index (χ3n) is 1.79. The van der Waals surface area contributed by atoms with Crippen molar-refractivity contribution in [2.24, 2.45) is 0 Å². The van der Waals surface area contributed by atoms with Crippen LogP contribution in [0.2, 0.25) is 0 Å². The number of hydrogen-bond acceptors (Lipinski definition) is 0. The van der Waals surface area contributed by atoms with Gasteiger partial charge < -0.3 is 7.43 Å². The maximum Gasteiger partial charge on any atom is 2.00 e. The third-order valence-corrected chi connectivity index (χ3v) is 1.79. The van der Waals surface area contributed by atoms with E-state index < -0.39 is 0 Å². The summed E-state index contributed by atoms with van der Waals surface area (Å²) in [6.07, 6.45) is 0. The van der Waals surface area contributed by atoms with Gasteiger partial charge in [-0.3, -0.25) is 0 Å². The molecule has 1 aromatic carbocycles. The van der Waals surface area contributed by atoms with Gasteiger partial charge in [-0.15, -0.1) is 0 Å². The molecule has 1 rings (SSSR count). The van der Waals surface area contributed by atoms with Crippen molar-refractivity contribution in [1.82, 2.24) is 0 Å². The van der Waals surface area contributed by atoms with E-state index in [9.17, 15) is 0 Å². The predicted octanol–water partition coefficient (Wildman–Crippen LogP) is 2.86. The largest absolute Gasteiger partial charge is 2.00 e. The summed E-state index contributed by atoms with van der Waals surface area (Å²) in [4.78, 5) is 0. The van der Waals surface area contributed by atoms with E-state index in [-0.39, 0.29) is 80.7 Å². The van der Waals surface area contributed by atoms with Gasteiger partial charge in [-0.2, -0.15) is 34.9 Å². The van der Waals surface area contributed by atoms with Crippen LogP contribution < -0.4 is 0 Å². The Morgan fingerprint density at radius 1 is 1.08 bits per heavy atom. The van der Waals surface area contributed by atoms with Crippen molar-refractivity contribution in [2.45, 2.75) is 20.8 Å². The summed E-state index contributed by atoms with van der Waals surface area (Å²) < 4.78 is 0. The molecular weight excluding hydrogens is 726 g/mol. The molecule has 0 aliphatic heterocycles. The first-order valence-electron chi connectivity index (χ1n) is 3.16. The Kier molecular flexibility index (Phi) is 21.7. The van der Waals surface area contributed by atoms with E-state index in [0.29, 0.717) is 0 Å². The normalized spacial score (nSPS) is 6.69. The Balaban J connectivity index is -0.000000101. The minimum atomic E-state index is 0. The molecule has 0 saturated heterocycles. The fraction of sp³-hybridized carbons (Fsp3) is 0.300. The Labute approximate surface area is 135 Å². The number of hydrogen-bond donors (Lipinski definition) is 0. The fourth-order valence-corrected chi connectivity index (χ4v) is 0.821. The minimum Gasteiger partial charge on any atom is -0.358 e. The van der Waals surface area contributed by atoms with E-state index in [1.165, 1.54) is 16.7 Å². The molecule has 0 heterocycles. The van der Waals surface area contributed by atoms with Crippen LogP contribution >= 0.6 is 0 Å². The molecule has 0 bridgehead atoms. The monoisotopic (exact) mass is 740 g/mol. The van der Waals surface area contributed by atoms with E-state index in [0.717, 1.165) is 0 Å². The van der Waals surface area contributed by atoms with E-state index in [1.807, 2.05) is 6.07 Å². The van der Waals surface area contributed by atoms with Gasteiger partial charge >= 0.3 is 31.1 Å². The van der Waals surface area contributed by atoms with Gasteiger partial charge in [0.25, 0.3) is 0 Å². The number of rotatable bonds is 0. The predicted molar refractivity (Wildman–Crippen MR) is 45.9 cm³/mol. The quantitative estimate of drug-likeness (QED) is 0.360. The molecule has 1 aromatic rings. The molecule has 0 N–H and O–H groups in total. The molecule has 0 amide bonds. The molecule has 0 nitrogen and oxygen atoms in total. The van der Waals surface area contributed by atoms with Crippen LogP contribution in [0.15, 0.2) is 12.1 Å². The number of aryl methyl sites for hydroxylation is 2. The third kappa shape index (κ3) is 7.56. The maximum absolute atomic E-state index is 3.14. The summed E-state index contributed by atoms with van der Waals surface area (Å²) in [6.45, 7) is 6.33. The molecule has 13 heavy (non-hydrogen) atoms.